The van der Waals surface area contributed by atoms with Gasteiger partial charge < -0.3 is 14.9 Å². The van der Waals surface area contributed by atoms with E-state index in [-0.39, 0.29) is 24.8 Å². The van der Waals surface area contributed by atoms with Crippen LogP contribution in [0.4, 0.5) is 5.82 Å². The Hall–Kier alpha value is -1.63. The summed E-state index contributed by atoms with van der Waals surface area (Å²) in [5.74, 6) is -0.742. The number of hydrogen-bond acceptors (Lipinski definition) is 5. The molecule has 0 aliphatic heterocycles. The van der Waals surface area contributed by atoms with Crippen LogP contribution in [0.2, 0.25) is 0 Å². The molecule has 1 atom stereocenters. The van der Waals surface area contributed by atoms with Gasteiger partial charge >= 0.3 is 11.8 Å². The Bertz CT molecular complexity index is 379. The van der Waals surface area contributed by atoms with Crippen LogP contribution in [0, 0.1) is 10.1 Å². The Balaban J connectivity index is 0.00000225. The third kappa shape index (κ3) is 2.93. The van der Waals surface area contributed by atoms with Crippen LogP contribution in [0.3, 0.4) is 0 Å². The van der Waals surface area contributed by atoms with Gasteiger partial charge in [0.1, 0.15) is 6.20 Å². The molecule has 1 unspecified atom stereocenters. The molecule has 1 heterocycles. The van der Waals surface area contributed by atoms with E-state index in [2.05, 4.69) is 4.98 Å². The molecule has 1 aromatic heterocycles. The van der Waals surface area contributed by atoms with Gasteiger partial charge in [-0.1, -0.05) is 0 Å². The van der Waals surface area contributed by atoms with Gasteiger partial charge in [-0.25, -0.2) is 9.78 Å². The summed E-state index contributed by atoms with van der Waals surface area (Å²) in [7, 11) is 0. The summed E-state index contributed by atoms with van der Waals surface area (Å²) in [6, 6.07) is -0.743. The van der Waals surface area contributed by atoms with Crippen LogP contribution in [0.5, 0.6) is 0 Å². The van der Waals surface area contributed by atoms with E-state index < -0.39 is 16.9 Å². The lowest BCUT2D eigenvalue weighted by Gasteiger charge is -2.08. The first kappa shape index (κ1) is 14.4. The Morgan fingerprint density at radius 3 is 2.88 bits per heavy atom. The number of nitro groups is 1. The minimum atomic E-state index is -0.743. The lowest BCUT2D eigenvalue weighted by molar-refractivity contribution is -0.392. The van der Waals surface area contributed by atoms with Gasteiger partial charge in [0, 0.05) is 0 Å². The molecule has 0 amide bonds. The molecule has 7 nitrogen and oxygen atoms in total. The molecule has 0 N–H and O–H groups in total. The van der Waals surface area contributed by atoms with Crippen LogP contribution in [0.15, 0.2) is 12.5 Å². The molecular formula is C8H12ClN3O4. The first-order chi connectivity index (χ1) is 7.07. The number of esters is 1. The van der Waals surface area contributed by atoms with Crippen LogP contribution in [0.1, 0.15) is 19.9 Å². The van der Waals surface area contributed by atoms with Gasteiger partial charge in [-0.15, -0.1) is 12.4 Å². The van der Waals surface area contributed by atoms with Gasteiger partial charge in [-0.3, -0.25) is 0 Å². The maximum Gasteiger partial charge on any atom is 0.351 e. The predicted molar refractivity (Wildman–Crippen MR) is 57.5 cm³/mol. The van der Waals surface area contributed by atoms with Crippen molar-refractivity contribution in [3.05, 3.63) is 22.6 Å². The molecule has 16 heavy (non-hydrogen) atoms. The first-order valence-corrected chi connectivity index (χ1v) is 4.40. The van der Waals surface area contributed by atoms with Crippen LogP contribution in [-0.2, 0) is 9.53 Å². The topological polar surface area (TPSA) is 87.3 Å². The number of ether oxygens (including phenoxy) is 1. The fourth-order valence-electron chi connectivity index (χ4n) is 1.11. The summed E-state index contributed by atoms with van der Waals surface area (Å²) in [5, 5.41) is 10.6. The molecule has 0 bridgehead atoms. The SMILES string of the molecule is CCOC(=O)C(C)n1cncc1[N+](=O)[O-].Cl. The van der Waals surface area contributed by atoms with E-state index in [1.54, 1.807) is 6.92 Å². The monoisotopic (exact) mass is 249 g/mol. The maximum absolute atomic E-state index is 11.3. The van der Waals surface area contributed by atoms with Crippen molar-refractivity contribution in [2.75, 3.05) is 6.61 Å². The van der Waals surface area contributed by atoms with E-state index in [9.17, 15) is 14.9 Å². The third-order valence-corrected chi connectivity index (χ3v) is 1.88. The molecule has 1 aromatic rings. The van der Waals surface area contributed by atoms with Crippen molar-refractivity contribution in [2.45, 2.75) is 19.9 Å². The van der Waals surface area contributed by atoms with Crippen molar-refractivity contribution in [3.8, 4) is 0 Å². The molecule has 1 rings (SSSR count). The molecular weight excluding hydrogens is 238 g/mol. The average molecular weight is 250 g/mol. The second-order valence-corrected chi connectivity index (χ2v) is 2.84. The normalized spacial score (nSPS) is 11.4. The summed E-state index contributed by atoms with van der Waals surface area (Å²) in [4.78, 5) is 24.9. The Kier molecular flexibility index (Phi) is 5.44. The van der Waals surface area contributed by atoms with Gasteiger partial charge in [0.2, 0.25) is 0 Å². The number of carbonyl (C=O) groups is 1. The number of rotatable bonds is 4. The molecule has 0 aromatic carbocycles. The molecule has 0 spiro atoms. The lowest BCUT2D eigenvalue weighted by atomic mass is 10.3. The largest absolute Gasteiger partial charge is 0.463 e. The van der Waals surface area contributed by atoms with Gasteiger partial charge in [-0.05, 0) is 18.8 Å². The fourth-order valence-corrected chi connectivity index (χ4v) is 1.11. The second-order valence-electron chi connectivity index (χ2n) is 2.84. The van der Waals surface area contributed by atoms with Crippen molar-refractivity contribution in [1.82, 2.24) is 9.55 Å². The highest BCUT2D eigenvalue weighted by Gasteiger charge is 2.25. The molecule has 0 aliphatic rings. The minimum Gasteiger partial charge on any atom is -0.463 e. The van der Waals surface area contributed by atoms with Crippen molar-refractivity contribution >= 4 is 24.2 Å². The highest BCUT2D eigenvalue weighted by atomic mass is 35.5. The fraction of sp³-hybridized carbons (Fsp3) is 0.500. The molecule has 0 aliphatic carbocycles. The summed E-state index contributed by atoms with van der Waals surface area (Å²) in [5.41, 5.74) is 0. The van der Waals surface area contributed by atoms with Gasteiger partial charge in [-0.2, -0.15) is 4.57 Å². The number of nitrogens with zero attached hydrogens (tertiary/aromatic N) is 3. The second kappa shape index (κ2) is 6.06. The Morgan fingerprint density at radius 2 is 2.38 bits per heavy atom. The van der Waals surface area contributed by atoms with Crippen molar-refractivity contribution in [3.63, 3.8) is 0 Å². The summed E-state index contributed by atoms with van der Waals surface area (Å²) >= 11 is 0. The summed E-state index contributed by atoms with van der Waals surface area (Å²) in [6.45, 7) is 3.44. The number of carbonyl (C=O) groups excluding carboxylic acids is 1. The summed E-state index contributed by atoms with van der Waals surface area (Å²) in [6.07, 6.45) is 2.33. The molecule has 90 valence electrons. The van der Waals surface area contributed by atoms with E-state index in [1.807, 2.05) is 0 Å². The quantitative estimate of drug-likeness (QED) is 0.456. The number of halogens is 1. The highest BCUT2D eigenvalue weighted by molar-refractivity contribution is 5.85. The molecule has 0 saturated carbocycles. The van der Waals surface area contributed by atoms with E-state index in [0.717, 1.165) is 10.8 Å². The molecule has 0 saturated heterocycles. The van der Waals surface area contributed by atoms with E-state index in [0.29, 0.717) is 0 Å². The van der Waals surface area contributed by atoms with Crippen LogP contribution in [-0.4, -0.2) is 27.1 Å². The zero-order chi connectivity index (χ0) is 11.4. The maximum atomic E-state index is 11.3. The van der Waals surface area contributed by atoms with E-state index >= 15 is 0 Å². The standard InChI is InChI=1S/C8H11N3O4.ClH/c1-3-15-8(12)6(2)10-5-9-4-7(10)11(13)14;/h4-6H,3H2,1-2H3;1H. The zero-order valence-corrected chi connectivity index (χ0v) is 9.64. The molecule has 0 fully saturated rings. The zero-order valence-electron chi connectivity index (χ0n) is 8.82. The summed E-state index contributed by atoms with van der Waals surface area (Å²) < 4.78 is 5.92. The van der Waals surface area contributed by atoms with Crippen LogP contribution in [0.25, 0.3) is 0 Å². The molecule has 0 radical (unpaired) electrons. The smallest absolute Gasteiger partial charge is 0.351 e. The third-order valence-electron chi connectivity index (χ3n) is 1.88. The Morgan fingerprint density at radius 1 is 1.75 bits per heavy atom. The highest BCUT2D eigenvalue weighted by Crippen LogP contribution is 2.17. The van der Waals surface area contributed by atoms with E-state index in [4.69, 9.17) is 4.74 Å². The lowest BCUT2D eigenvalue weighted by Crippen LogP contribution is -2.19. The Labute approximate surface area is 98.0 Å². The number of imidazole rings is 1. The van der Waals surface area contributed by atoms with Crippen LogP contribution < -0.4 is 0 Å². The van der Waals surface area contributed by atoms with E-state index in [1.165, 1.54) is 13.3 Å². The number of hydrogen-bond donors (Lipinski definition) is 0. The minimum absolute atomic E-state index is 0. The average Bonchev–Trinajstić information content (AvgIpc) is 2.65. The van der Waals surface area contributed by atoms with Crippen molar-refractivity contribution in [1.29, 1.82) is 0 Å². The van der Waals surface area contributed by atoms with Crippen molar-refractivity contribution in [2.24, 2.45) is 0 Å². The van der Waals surface area contributed by atoms with Crippen LogP contribution >= 0.6 is 12.4 Å². The van der Waals surface area contributed by atoms with Gasteiger partial charge in [0.25, 0.3) is 0 Å². The van der Waals surface area contributed by atoms with Crippen molar-refractivity contribution < 1.29 is 14.5 Å². The predicted octanol–water partition coefficient (Wildman–Crippen LogP) is 1.34. The number of aromatic nitrogens is 2. The molecule has 8 heteroatoms. The first-order valence-electron chi connectivity index (χ1n) is 4.40. The van der Waals surface area contributed by atoms with Gasteiger partial charge in [0.05, 0.1) is 6.61 Å². The van der Waals surface area contributed by atoms with Gasteiger partial charge in [0.15, 0.2) is 12.4 Å².